The molecule has 2 aromatic rings. The molecule has 14 heteroatoms. The van der Waals surface area contributed by atoms with Crippen molar-refractivity contribution in [3.63, 3.8) is 0 Å². The van der Waals surface area contributed by atoms with Crippen LogP contribution < -0.4 is 10.5 Å². The lowest BCUT2D eigenvalue weighted by Crippen LogP contribution is -2.52. The van der Waals surface area contributed by atoms with Gasteiger partial charge in [-0.2, -0.15) is 23.5 Å². The molecule has 2 aliphatic heterocycles. The van der Waals surface area contributed by atoms with Gasteiger partial charge in [-0.3, -0.25) is 14.5 Å². The summed E-state index contributed by atoms with van der Waals surface area (Å²) in [5.74, 6) is -5.10. The number of pyridine rings is 1. The monoisotopic (exact) mass is 523 g/mol. The predicted octanol–water partition coefficient (Wildman–Crippen LogP) is 1.96. The van der Waals surface area contributed by atoms with Crippen LogP contribution in [0.5, 0.6) is 0 Å². The Morgan fingerprint density at radius 1 is 1.19 bits per heavy atom. The van der Waals surface area contributed by atoms with Crippen molar-refractivity contribution >= 4 is 11.7 Å². The second-order valence-electron chi connectivity index (χ2n) is 9.42. The smallest absolute Gasteiger partial charge is 0.353 e. The highest BCUT2D eigenvalue weighted by atomic mass is 19.4. The summed E-state index contributed by atoms with van der Waals surface area (Å²) >= 11 is 0. The van der Waals surface area contributed by atoms with Crippen LogP contribution in [0.3, 0.4) is 0 Å². The Morgan fingerprint density at radius 2 is 1.92 bits per heavy atom. The number of halogens is 5. The second kappa shape index (κ2) is 9.05. The molecular weight excluding hydrogens is 501 g/mol. The lowest BCUT2D eigenvalue weighted by Gasteiger charge is -2.37. The predicted molar refractivity (Wildman–Crippen MR) is 119 cm³/mol. The van der Waals surface area contributed by atoms with Gasteiger partial charge in [0.1, 0.15) is 23.4 Å². The van der Waals surface area contributed by atoms with Gasteiger partial charge in [-0.1, -0.05) is 0 Å². The number of hydrogen-bond donors (Lipinski definition) is 1. The van der Waals surface area contributed by atoms with Crippen molar-refractivity contribution in [3.05, 3.63) is 51.1 Å². The zero-order chi connectivity index (χ0) is 26.5. The van der Waals surface area contributed by atoms with Crippen molar-refractivity contribution in [1.29, 1.82) is 5.26 Å². The number of piperazine rings is 1. The summed E-state index contributed by atoms with van der Waals surface area (Å²) in [4.78, 5) is 33.7. The van der Waals surface area contributed by atoms with E-state index in [1.54, 1.807) is 12.1 Å². The van der Waals surface area contributed by atoms with Gasteiger partial charge in [-0.25, -0.2) is 18.9 Å². The van der Waals surface area contributed by atoms with Crippen LogP contribution >= 0.6 is 0 Å². The summed E-state index contributed by atoms with van der Waals surface area (Å²) in [6.45, 7) is 0.0504. The molecule has 3 aliphatic rings. The van der Waals surface area contributed by atoms with E-state index in [0.717, 1.165) is 0 Å². The average molecular weight is 523 g/mol. The van der Waals surface area contributed by atoms with Gasteiger partial charge in [0, 0.05) is 38.9 Å². The van der Waals surface area contributed by atoms with E-state index in [1.807, 2.05) is 16.1 Å². The molecule has 196 valence electrons. The van der Waals surface area contributed by atoms with E-state index >= 15 is 8.78 Å². The zero-order valence-corrected chi connectivity index (χ0v) is 19.4. The van der Waals surface area contributed by atoms with Crippen molar-refractivity contribution in [3.8, 4) is 6.07 Å². The molecule has 2 unspecified atom stereocenters. The first-order chi connectivity index (χ1) is 17.5. The van der Waals surface area contributed by atoms with Crippen molar-refractivity contribution in [1.82, 2.24) is 25.0 Å². The van der Waals surface area contributed by atoms with Crippen molar-refractivity contribution in [2.45, 2.75) is 31.0 Å². The van der Waals surface area contributed by atoms with Gasteiger partial charge in [0.15, 0.2) is 0 Å². The zero-order valence-electron chi connectivity index (χ0n) is 19.4. The molecule has 9 nitrogen and oxygen atoms in total. The minimum atomic E-state index is -4.89. The highest BCUT2D eigenvalue weighted by Gasteiger charge is 2.55. The third-order valence-electron chi connectivity index (χ3n) is 7.25. The number of alkyl halides is 5. The Hall–Kier alpha value is -3.60. The minimum Gasteiger partial charge on any atom is -0.353 e. The van der Waals surface area contributed by atoms with Crippen LogP contribution in [-0.2, 0) is 17.4 Å². The average Bonchev–Trinajstić information content (AvgIpc) is 3.42. The fourth-order valence-electron chi connectivity index (χ4n) is 5.43. The van der Waals surface area contributed by atoms with Crippen LogP contribution in [0.2, 0.25) is 0 Å². The normalized spacial score (nSPS) is 23.7. The van der Waals surface area contributed by atoms with E-state index in [9.17, 15) is 22.8 Å². The van der Waals surface area contributed by atoms with Gasteiger partial charge in [0.05, 0.1) is 23.8 Å². The number of fused-ring (bicyclic) bond motifs is 1. The number of anilines is 1. The number of nitrogens with one attached hydrogen (secondary N) is 1. The van der Waals surface area contributed by atoms with Crippen LogP contribution in [0, 0.1) is 17.2 Å². The van der Waals surface area contributed by atoms with Crippen LogP contribution in [-0.4, -0.2) is 76.1 Å². The summed E-state index contributed by atoms with van der Waals surface area (Å²) < 4.78 is 70.4. The summed E-state index contributed by atoms with van der Waals surface area (Å²) in [5, 5.41) is 14.5. The number of amides is 1. The molecule has 1 aliphatic carbocycles. The molecule has 2 atom stereocenters. The molecule has 37 heavy (non-hydrogen) atoms. The Bertz CT molecular complexity index is 1300. The van der Waals surface area contributed by atoms with Gasteiger partial charge < -0.3 is 9.80 Å². The molecule has 1 N–H and O–H groups in total. The number of hydrogen-bond acceptors (Lipinski definition) is 7. The first kappa shape index (κ1) is 25.1. The van der Waals surface area contributed by atoms with Gasteiger partial charge in [-0.15, -0.1) is 0 Å². The standard InChI is InChI=1S/C23H22F5N7O2/c24-22(25)12-35(16-3-2-14-18(23(26,27)28)20(36)32-31-19(14)16)11-15(22)21(37)34-7-5-33(6-8-34)17-4-1-13(9-29)10-30-17/h1,4,10,15-16H,2-3,5-8,11-12H2,(H,32,36). The number of carbonyl (C=O) groups is 1. The number of nitrogens with zero attached hydrogens (tertiary/aromatic N) is 6. The summed E-state index contributed by atoms with van der Waals surface area (Å²) in [5.41, 5.74) is -2.63. The van der Waals surface area contributed by atoms with E-state index in [0.29, 0.717) is 24.5 Å². The molecule has 5 rings (SSSR count). The van der Waals surface area contributed by atoms with Crippen LogP contribution in [0.1, 0.15) is 34.8 Å². The summed E-state index contributed by atoms with van der Waals surface area (Å²) in [6, 6.07) is 4.44. The number of aromatic nitrogens is 3. The number of likely N-dealkylation sites (tertiary alicyclic amines) is 1. The molecule has 0 spiro atoms. The van der Waals surface area contributed by atoms with Gasteiger partial charge in [0.2, 0.25) is 5.91 Å². The Balaban J connectivity index is 1.28. The molecule has 0 saturated carbocycles. The Morgan fingerprint density at radius 3 is 2.54 bits per heavy atom. The van der Waals surface area contributed by atoms with Crippen LogP contribution in [0.15, 0.2) is 23.1 Å². The Labute approximate surface area is 207 Å². The van der Waals surface area contributed by atoms with E-state index in [-0.39, 0.29) is 43.7 Å². The van der Waals surface area contributed by atoms with Gasteiger partial charge in [0.25, 0.3) is 11.5 Å². The molecule has 2 aromatic heterocycles. The van der Waals surface area contributed by atoms with Crippen molar-refractivity contribution < 1.29 is 26.7 Å². The van der Waals surface area contributed by atoms with Crippen LogP contribution in [0.25, 0.3) is 0 Å². The maximum atomic E-state index is 15.0. The lowest BCUT2D eigenvalue weighted by atomic mass is 10.0. The van der Waals surface area contributed by atoms with E-state index in [4.69, 9.17) is 5.26 Å². The SMILES string of the molecule is N#Cc1ccc(N2CCN(C(=O)C3CN(C4CCc5c4n[nH]c(=O)c5C(F)(F)F)CC3(F)F)CC2)nc1. The molecule has 0 radical (unpaired) electrons. The largest absolute Gasteiger partial charge is 0.422 e. The number of rotatable bonds is 3. The number of aromatic amines is 1. The fraction of sp³-hybridized carbons (Fsp3) is 0.522. The maximum Gasteiger partial charge on any atom is 0.422 e. The lowest BCUT2D eigenvalue weighted by molar-refractivity contribution is -0.145. The second-order valence-corrected chi connectivity index (χ2v) is 9.42. The third kappa shape index (κ3) is 4.52. The van der Waals surface area contributed by atoms with E-state index < -0.39 is 47.6 Å². The van der Waals surface area contributed by atoms with Crippen molar-refractivity contribution in [2.75, 3.05) is 44.2 Å². The molecule has 2 fully saturated rings. The minimum absolute atomic E-state index is 0.0700. The highest BCUT2D eigenvalue weighted by Crippen LogP contribution is 2.44. The molecule has 0 aromatic carbocycles. The third-order valence-corrected chi connectivity index (χ3v) is 7.25. The van der Waals surface area contributed by atoms with Gasteiger partial charge >= 0.3 is 6.18 Å². The summed E-state index contributed by atoms with van der Waals surface area (Å²) in [7, 11) is 0. The highest BCUT2D eigenvalue weighted by molar-refractivity contribution is 5.81. The Kier molecular flexibility index (Phi) is 6.13. The first-order valence-electron chi connectivity index (χ1n) is 11.7. The topological polar surface area (TPSA) is 109 Å². The van der Waals surface area contributed by atoms with Gasteiger partial charge in [-0.05, 0) is 30.5 Å². The van der Waals surface area contributed by atoms with E-state index in [1.165, 1.54) is 16.0 Å². The van der Waals surface area contributed by atoms with Crippen molar-refractivity contribution in [2.24, 2.45) is 5.92 Å². The maximum absolute atomic E-state index is 15.0. The molecular formula is C23H22F5N7O2. The number of nitriles is 1. The van der Waals surface area contributed by atoms with Crippen LogP contribution in [0.4, 0.5) is 27.8 Å². The molecule has 0 bridgehead atoms. The summed E-state index contributed by atoms with van der Waals surface area (Å²) in [6.07, 6.45) is -3.48. The van der Waals surface area contributed by atoms with E-state index in [2.05, 4.69) is 10.1 Å². The molecule has 4 heterocycles. The number of carbonyl (C=O) groups excluding carboxylic acids is 1. The quantitative estimate of drug-likeness (QED) is 0.613. The molecule has 1 amide bonds. The number of H-pyrrole nitrogens is 1. The fourth-order valence-corrected chi connectivity index (χ4v) is 5.43. The first-order valence-corrected chi connectivity index (χ1v) is 11.7. The molecule has 2 saturated heterocycles.